The molecule has 1 heterocycles. The Labute approximate surface area is 127 Å². The Morgan fingerprint density at radius 2 is 1.86 bits per heavy atom. The zero-order chi connectivity index (χ0) is 15.1. The molecule has 0 unspecified atom stereocenters. The summed E-state index contributed by atoms with van der Waals surface area (Å²) in [6.07, 6.45) is 0. The van der Waals surface area contributed by atoms with Crippen molar-refractivity contribution in [1.82, 2.24) is 9.55 Å². The summed E-state index contributed by atoms with van der Waals surface area (Å²) in [5.41, 5.74) is 0.521. The summed E-state index contributed by atoms with van der Waals surface area (Å²) in [7, 11) is 0. The molecule has 0 radical (unpaired) electrons. The summed E-state index contributed by atoms with van der Waals surface area (Å²) >= 11 is 11.5. The van der Waals surface area contributed by atoms with Crippen molar-refractivity contribution < 1.29 is 13.2 Å². The molecule has 0 N–H and O–H groups in total. The van der Waals surface area contributed by atoms with Crippen LogP contribution in [0.3, 0.4) is 0 Å². The van der Waals surface area contributed by atoms with Crippen LogP contribution in [-0.4, -0.2) is 9.55 Å². The van der Waals surface area contributed by atoms with Crippen molar-refractivity contribution in [3.63, 3.8) is 0 Å². The first kappa shape index (κ1) is 14.2. The van der Waals surface area contributed by atoms with Gasteiger partial charge in [0.05, 0.1) is 27.6 Å². The first-order valence-electron chi connectivity index (χ1n) is 5.89. The number of aromatic nitrogens is 2. The molecule has 3 rings (SSSR count). The zero-order valence-electron chi connectivity index (χ0n) is 10.4. The van der Waals surface area contributed by atoms with Crippen LogP contribution < -0.4 is 0 Å². The van der Waals surface area contributed by atoms with E-state index in [1.807, 2.05) is 0 Å². The maximum Gasteiger partial charge on any atom is 0.182 e. The van der Waals surface area contributed by atoms with Gasteiger partial charge in [0.2, 0.25) is 0 Å². The molecule has 7 heteroatoms. The number of fused-ring (bicyclic) bond motifs is 1. The minimum absolute atomic E-state index is 0.0517. The van der Waals surface area contributed by atoms with Gasteiger partial charge in [0.15, 0.2) is 11.6 Å². The van der Waals surface area contributed by atoms with E-state index in [9.17, 15) is 13.2 Å². The number of benzene rings is 2. The Hall–Kier alpha value is -1.72. The molecule has 2 aromatic carbocycles. The first-order chi connectivity index (χ1) is 10.0. The monoisotopic (exact) mass is 330 g/mol. The van der Waals surface area contributed by atoms with Crippen LogP contribution >= 0.6 is 23.2 Å². The van der Waals surface area contributed by atoms with E-state index in [-0.39, 0.29) is 27.9 Å². The maximum absolute atomic E-state index is 14.0. The molecule has 3 aromatic rings. The second-order valence-corrected chi connectivity index (χ2v) is 5.00. The number of rotatable bonds is 2. The highest BCUT2D eigenvalue weighted by Gasteiger charge is 2.18. The fourth-order valence-corrected chi connectivity index (χ4v) is 2.48. The normalized spacial score (nSPS) is 11.3. The van der Waals surface area contributed by atoms with Crippen LogP contribution in [0.5, 0.6) is 0 Å². The summed E-state index contributed by atoms with van der Waals surface area (Å²) in [6, 6.07) is 6.14. The van der Waals surface area contributed by atoms with Crippen LogP contribution in [0.2, 0.25) is 5.02 Å². The number of hydrogen-bond acceptors (Lipinski definition) is 1. The summed E-state index contributed by atoms with van der Waals surface area (Å²) in [6.45, 7) is 0. The summed E-state index contributed by atoms with van der Waals surface area (Å²) in [5.74, 6) is -2.53. The first-order valence-corrected chi connectivity index (χ1v) is 6.81. The zero-order valence-corrected chi connectivity index (χ0v) is 11.9. The highest BCUT2D eigenvalue weighted by Crippen LogP contribution is 2.28. The Morgan fingerprint density at radius 1 is 1.10 bits per heavy atom. The summed E-state index contributed by atoms with van der Waals surface area (Å²) in [5, 5.41) is -0.104. The quantitative estimate of drug-likeness (QED) is 0.615. The Kier molecular flexibility index (Phi) is 3.55. The lowest BCUT2D eigenvalue weighted by Gasteiger charge is -2.09. The van der Waals surface area contributed by atoms with Crippen molar-refractivity contribution >= 4 is 34.2 Å². The summed E-state index contributed by atoms with van der Waals surface area (Å²) < 4.78 is 42.4. The van der Waals surface area contributed by atoms with Crippen molar-refractivity contribution in [2.75, 3.05) is 0 Å². The van der Waals surface area contributed by atoms with E-state index in [4.69, 9.17) is 23.2 Å². The molecule has 0 atom stereocenters. The van der Waals surface area contributed by atoms with Gasteiger partial charge in [0, 0.05) is 6.07 Å². The molecule has 0 amide bonds. The number of imidazole rings is 1. The second-order valence-electron chi connectivity index (χ2n) is 4.33. The molecule has 0 saturated carbocycles. The van der Waals surface area contributed by atoms with E-state index >= 15 is 0 Å². The predicted octanol–water partition coefficient (Wildman–Crippen LogP) is 4.84. The molecule has 1 aromatic heterocycles. The summed E-state index contributed by atoms with van der Waals surface area (Å²) in [4.78, 5) is 4.17. The molecular formula is C14H7Cl2F3N2. The van der Waals surface area contributed by atoms with Crippen LogP contribution in [0.15, 0.2) is 30.3 Å². The Bertz CT molecular complexity index is 846. The van der Waals surface area contributed by atoms with Gasteiger partial charge in [0.25, 0.3) is 0 Å². The minimum atomic E-state index is -1.06. The standard InChI is InChI=1S/C14H7Cl2F3N2/c15-6-13-20-10-4-7(16)9(18)5-12(10)21(13)11-3-1-2-8(17)14(11)19/h1-5H,6H2. The van der Waals surface area contributed by atoms with Crippen molar-refractivity contribution in [2.45, 2.75) is 5.88 Å². The molecule has 0 aliphatic rings. The van der Waals surface area contributed by atoms with Crippen LogP contribution in [0.1, 0.15) is 5.82 Å². The number of nitrogens with zero attached hydrogens (tertiary/aromatic N) is 2. The van der Waals surface area contributed by atoms with Gasteiger partial charge in [-0.3, -0.25) is 4.57 Å². The van der Waals surface area contributed by atoms with E-state index in [1.54, 1.807) is 0 Å². The van der Waals surface area contributed by atoms with Crippen molar-refractivity contribution in [1.29, 1.82) is 0 Å². The van der Waals surface area contributed by atoms with Gasteiger partial charge in [-0.05, 0) is 18.2 Å². The SMILES string of the molecule is Fc1cc2c(cc1Cl)nc(CCl)n2-c1cccc(F)c1F. The van der Waals surface area contributed by atoms with Crippen molar-refractivity contribution in [3.05, 3.63) is 58.6 Å². The molecule has 0 aliphatic carbocycles. The third-order valence-electron chi connectivity index (χ3n) is 3.06. The minimum Gasteiger partial charge on any atom is -0.292 e. The van der Waals surface area contributed by atoms with E-state index in [0.29, 0.717) is 5.52 Å². The third-order valence-corrected chi connectivity index (χ3v) is 3.59. The van der Waals surface area contributed by atoms with E-state index < -0.39 is 17.5 Å². The molecule has 0 saturated heterocycles. The molecule has 0 aliphatic heterocycles. The molecule has 0 bridgehead atoms. The van der Waals surface area contributed by atoms with Gasteiger partial charge < -0.3 is 0 Å². The molecule has 2 nitrogen and oxygen atoms in total. The van der Waals surface area contributed by atoms with Crippen LogP contribution in [0.25, 0.3) is 16.7 Å². The second kappa shape index (κ2) is 5.24. The average Bonchev–Trinajstić information content (AvgIpc) is 2.80. The maximum atomic E-state index is 14.0. The van der Waals surface area contributed by atoms with Crippen LogP contribution in [0, 0.1) is 17.5 Å². The predicted molar refractivity (Wildman–Crippen MR) is 75.5 cm³/mol. The topological polar surface area (TPSA) is 17.8 Å². The van der Waals surface area contributed by atoms with Gasteiger partial charge in [-0.25, -0.2) is 18.2 Å². The fourth-order valence-electron chi connectivity index (χ4n) is 2.15. The van der Waals surface area contributed by atoms with Crippen LogP contribution in [-0.2, 0) is 5.88 Å². The lowest BCUT2D eigenvalue weighted by atomic mass is 10.2. The van der Waals surface area contributed by atoms with E-state index in [1.165, 1.54) is 22.8 Å². The number of alkyl halides is 1. The van der Waals surface area contributed by atoms with Gasteiger partial charge in [-0.15, -0.1) is 11.6 Å². The van der Waals surface area contributed by atoms with Gasteiger partial charge >= 0.3 is 0 Å². The fraction of sp³-hybridized carbons (Fsp3) is 0.0714. The lowest BCUT2D eigenvalue weighted by molar-refractivity contribution is 0.504. The highest BCUT2D eigenvalue weighted by molar-refractivity contribution is 6.31. The molecule has 0 spiro atoms. The Morgan fingerprint density at radius 3 is 2.57 bits per heavy atom. The Balaban J connectivity index is 2.40. The lowest BCUT2D eigenvalue weighted by Crippen LogP contribution is -2.03. The average molecular weight is 331 g/mol. The van der Waals surface area contributed by atoms with Crippen molar-refractivity contribution in [3.8, 4) is 5.69 Å². The largest absolute Gasteiger partial charge is 0.292 e. The van der Waals surface area contributed by atoms with E-state index in [0.717, 1.165) is 12.1 Å². The van der Waals surface area contributed by atoms with Gasteiger partial charge in [-0.2, -0.15) is 0 Å². The van der Waals surface area contributed by atoms with E-state index in [2.05, 4.69) is 4.98 Å². The van der Waals surface area contributed by atoms with Gasteiger partial charge in [0.1, 0.15) is 11.6 Å². The third kappa shape index (κ3) is 2.26. The van der Waals surface area contributed by atoms with Crippen LogP contribution in [0.4, 0.5) is 13.2 Å². The highest BCUT2D eigenvalue weighted by atomic mass is 35.5. The molecule has 108 valence electrons. The number of hydrogen-bond donors (Lipinski definition) is 0. The number of halogens is 5. The van der Waals surface area contributed by atoms with Gasteiger partial charge in [-0.1, -0.05) is 17.7 Å². The molecule has 0 fully saturated rings. The smallest absolute Gasteiger partial charge is 0.182 e. The molecule has 21 heavy (non-hydrogen) atoms. The molecular weight excluding hydrogens is 324 g/mol. The van der Waals surface area contributed by atoms with Crippen molar-refractivity contribution in [2.24, 2.45) is 0 Å².